The van der Waals surface area contributed by atoms with Crippen molar-refractivity contribution in [1.29, 1.82) is 0 Å². The smallest absolute Gasteiger partial charge is 0.117 e. The van der Waals surface area contributed by atoms with E-state index in [0.717, 1.165) is 55.7 Å². The molecule has 118 valence electrons. The van der Waals surface area contributed by atoms with Crippen LogP contribution >= 0.6 is 11.6 Å². The zero-order valence-electron chi connectivity index (χ0n) is 12.5. The molecule has 1 N–H and O–H groups in total. The monoisotopic (exact) mass is 320 g/mol. The van der Waals surface area contributed by atoms with Gasteiger partial charge >= 0.3 is 0 Å². The Hall–Kier alpha value is -1.33. The van der Waals surface area contributed by atoms with Gasteiger partial charge in [0.05, 0.1) is 26.0 Å². The lowest BCUT2D eigenvalue weighted by Crippen LogP contribution is -2.42. The molecule has 1 unspecified atom stereocenters. The number of nitrogens with one attached hydrogen (secondary N) is 1. The van der Waals surface area contributed by atoms with Crippen molar-refractivity contribution < 1.29 is 9.15 Å². The third-order valence-electron chi connectivity index (χ3n) is 3.97. The molecule has 2 heterocycles. The summed E-state index contributed by atoms with van der Waals surface area (Å²) in [7, 11) is 0. The van der Waals surface area contributed by atoms with Crippen molar-refractivity contribution in [3.05, 3.63) is 59.0 Å². The average molecular weight is 321 g/mol. The van der Waals surface area contributed by atoms with Gasteiger partial charge < -0.3 is 14.5 Å². The molecule has 1 saturated heterocycles. The maximum absolute atomic E-state index is 6.41. The Morgan fingerprint density at radius 2 is 1.95 bits per heavy atom. The summed E-state index contributed by atoms with van der Waals surface area (Å²) in [4.78, 5) is 2.43. The minimum atomic E-state index is 0.243. The molecule has 0 radical (unpaired) electrons. The third-order valence-corrected chi connectivity index (χ3v) is 4.31. The molecule has 0 spiro atoms. The number of furan rings is 1. The average Bonchev–Trinajstić information content (AvgIpc) is 3.07. The van der Waals surface area contributed by atoms with Crippen LogP contribution in [0.1, 0.15) is 17.4 Å². The summed E-state index contributed by atoms with van der Waals surface area (Å²) in [6, 6.07) is 12.2. The molecule has 1 atom stereocenters. The summed E-state index contributed by atoms with van der Waals surface area (Å²) in [6.45, 7) is 4.96. The van der Waals surface area contributed by atoms with Crippen LogP contribution in [0.25, 0.3) is 0 Å². The molecule has 0 saturated carbocycles. The standard InChI is InChI=1S/C17H21ClN2O2/c18-16-6-2-1-5-15(16)17(20-7-10-21-11-8-20)13-19-12-14-4-3-9-22-14/h1-6,9,17,19H,7-8,10-13H2. The Morgan fingerprint density at radius 3 is 2.68 bits per heavy atom. The van der Waals surface area contributed by atoms with Crippen LogP contribution in [0.15, 0.2) is 47.1 Å². The van der Waals surface area contributed by atoms with E-state index < -0.39 is 0 Å². The zero-order valence-corrected chi connectivity index (χ0v) is 13.3. The minimum Gasteiger partial charge on any atom is -0.468 e. The van der Waals surface area contributed by atoms with E-state index in [0.29, 0.717) is 0 Å². The molecule has 0 bridgehead atoms. The molecule has 22 heavy (non-hydrogen) atoms. The first-order valence-corrected chi connectivity index (χ1v) is 8.02. The van der Waals surface area contributed by atoms with Gasteiger partial charge in [0.1, 0.15) is 5.76 Å². The van der Waals surface area contributed by atoms with E-state index >= 15 is 0 Å². The maximum atomic E-state index is 6.41. The largest absolute Gasteiger partial charge is 0.468 e. The van der Waals surface area contributed by atoms with Crippen molar-refractivity contribution in [2.24, 2.45) is 0 Å². The highest BCUT2D eigenvalue weighted by Gasteiger charge is 2.24. The second-order valence-corrected chi connectivity index (χ2v) is 5.80. The topological polar surface area (TPSA) is 37.6 Å². The molecule has 5 heteroatoms. The van der Waals surface area contributed by atoms with E-state index in [9.17, 15) is 0 Å². The molecular weight excluding hydrogens is 300 g/mol. The Morgan fingerprint density at radius 1 is 1.14 bits per heavy atom. The lowest BCUT2D eigenvalue weighted by Gasteiger charge is -2.35. The summed E-state index contributed by atoms with van der Waals surface area (Å²) < 4.78 is 10.8. The molecule has 0 aliphatic carbocycles. The molecule has 1 aromatic carbocycles. The van der Waals surface area contributed by atoms with Gasteiger partial charge in [0, 0.05) is 30.7 Å². The van der Waals surface area contributed by atoms with Crippen LogP contribution in [0.2, 0.25) is 5.02 Å². The quantitative estimate of drug-likeness (QED) is 0.887. The van der Waals surface area contributed by atoms with Crippen LogP contribution in [0.5, 0.6) is 0 Å². The number of hydrogen-bond acceptors (Lipinski definition) is 4. The Labute approximate surface area is 136 Å². The van der Waals surface area contributed by atoms with E-state index in [1.807, 2.05) is 30.3 Å². The second kappa shape index (κ2) is 7.79. The van der Waals surface area contributed by atoms with Gasteiger partial charge in [-0.2, -0.15) is 0 Å². The summed E-state index contributed by atoms with van der Waals surface area (Å²) >= 11 is 6.41. The van der Waals surface area contributed by atoms with Crippen molar-refractivity contribution in [2.45, 2.75) is 12.6 Å². The van der Waals surface area contributed by atoms with Crippen LogP contribution in [-0.4, -0.2) is 37.7 Å². The first-order chi connectivity index (χ1) is 10.8. The SMILES string of the molecule is Clc1ccccc1C(CNCc1ccco1)N1CCOCC1. The van der Waals surface area contributed by atoms with Gasteiger partial charge in [-0.15, -0.1) is 0 Å². The molecule has 0 amide bonds. The molecular formula is C17H21ClN2O2. The zero-order chi connectivity index (χ0) is 15.2. The van der Waals surface area contributed by atoms with Crippen molar-refractivity contribution in [1.82, 2.24) is 10.2 Å². The lowest BCUT2D eigenvalue weighted by molar-refractivity contribution is 0.0160. The van der Waals surface area contributed by atoms with Crippen molar-refractivity contribution in [3.8, 4) is 0 Å². The van der Waals surface area contributed by atoms with E-state index in [1.54, 1.807) is 6.26 Å². The predicted molar refractivity (Wildman–Crippen MR) is 87.0 cm³/mol. The van der Waals surface area contributed by atoms with Crippen molar-refractivity contribution in [3.63, 3.8) is 0 Å². The number of hydrogen-bond donors (Lipinski definition) is 1. The molecule has 1 aromatic heterocycles. The normalized spacial score (nSPS) is 17.5. The molecule has 1 aliphatic rings. The fourth-order valence-corrected chi connectivity index (χ4v) is 3.08. The molecule has 1 aliphatic heterocycles. The summed E-state index contributed by atoms with van der Waals surface area (Å²) in [5.41, 5.74) is 1.16. The predicted octanol–water partition coefficient (Wildman–Crippen LogP) is 3.10. The van der Waals surface area contributed by atoms with E-state index in [-0.39, 0.29) is 6.04 Å². The number of rotatable bonds is 6. The van der Waals surface area contributed by atoms with Gasteiger partial charge in [-0.3, -0.25) is 4.90 Å². The van der Waals surface area contributed by atoms with Crippen LogP contribution in [0, 0.1) is 0 Å². The number of benzene rings is 1. The maximum Gasteiger partial charge on any atom is 0.117 e. The summed E-state index contributed by atoms with van der Waals surface area (Å²) in [5, 5.41) is 4.29. The first kappa shape index (κ1) is 15.6. The van der Waals surface area contributed by atoms with Crippen LogP contribution in [0.3, 0.4) is 0 Å². The van der Waals surface area contributed by atoms with Crippen LogP contribution < -0.4 is 5.32 Å². The van der Waals surface area contributed by atoms with E-state index in [1.165, 1.54) is 0 Å². The minimum absolute atomic E-state index is 0.243. The first-order valence-electron chi connectivity index (χ1n) is 7.64. The van der Waals surface area contributed by atoms with Crippen molar-refractivity contribution >= 4 is 11.6 Å². The summed E-state index contributed by atoms with van der Waals surface area (Å²) in [5.74, 6) is 0.944. The fourth-order valence-electron chi connectivity index (χ4n) is 2.82. The van der Waals surface area contributed by atoms with Gasteiger partial charge in [-0.05, 0) is 23.8 Å². The highest BCUT2D eigenvalue weighted by atomic mass is 35.5. The number of morpholine rings is 1. The number of ether oxygens (including phenoxy) is 1. The Bertz CT molecular complexity index is 568. The highest BCUT2D eigenvalue weighted by Crippen LogP contribution is 2.27. The molecule has 1 fully saturated rings. The fraction of sp³-hybridized carbons (Fsp3) is 0.412. The van der Waals surface area contributed by atoms with E-state index in [4.69, 9.17) is 20.8 Å². The van der Waals surface area contributed by atoms with Crippen molar-refractivity contribution in [2.75, 3.05) is 32.8 Å². The Kier molecular flexibility index (Phi) is 5.51. The highest BCUT2D eigenvalue weighted by molar-refractivity contribution is 6.31. The lowest BCUT2D eigenvalue weighted by atomic mass is 10.0. The van der Waals surface area contributed by atoms with Gasteiger partial charge in [-0.25, -0.2) is 0 Å². The summed E-state index contributed by atoms with van der Waals surface area (Å²) in [6.07, 6.45) is 1.70. The van der Waals surface area contributed by atoms with Crippen LogP contribution in [-0.2, 0) is 11.3 Å². The Balaban J connectivity index is 1.69. The number of halogens is 1. The second-order valence-electron chi connectivity index (χ2n) is 5.40. The van der Waals surface area contributed by atoms with Gasteiger partial charge in [-0.1, -0.05) is 29.8 Å². The molecule has 4 nitrogen and oxygen atoms in total. The molecule has 2 aromatic rings. The molecule has 3 rings (SSSR count). The van der Waals surface area contributed by atoms with Gasteiger partial charge in [0.2, 0.25) is 0 Å². The number of nitrogens with zero attached hydrogens (tertiary/aromatic N) is 1. The van der Waals surface area contributed by atoms with E-state index in [2.05, 4.69) is 16.3 Å². The third kappa shape index (κ3) is 3.90. The van der Waals surface area contributed by atoms with Gasteiger partial charge in [0.25, 0.3) is 0 Å². The van der Waals surface area contributed by atoms with Crippen LogP contribution in [0.4, 0.5) is 0 Å². The van der Waals surface area contributed by atoms with Gasteiger partial charge in [0.15, 0.2) is 0 Å².